The standard InChI is InChI=1S/C18H19ClN4O2/c1-11-15(16(19)22(2)21-11)18(24)23-9-5-6-12(10-23)17-20-13-7-3-4-8-14(13)25-17/h3-4,7-8,12H,5-6,9-10H2,1-2H3. The summed E-state index contributed by atoms with van der Waals surface area (Å²) in [5.74, 6) is 0.727. The van der Waals surface area contributed by atoms with E-state index in [9.17, 15) is 4.79 Å². The van der Waals surface area contributed by atoms with Gasteiger partial charge in [0.1, 0.15) is 10.7 Å². The highest BCUT2D eigenvalue weighted by Crippen LogP contribution is 2.30. The van der Waals surface area contributed by atoms with Gasteiger partial charge in [0.05, 0.1) is 17.2 Å². The molecule has 2 aromatic heterocycles. The van der Waals surface area contributed by atoms with Gasteiger partial charge in [-0.25, -0.2) is 4.98 Å². The van der Waals surface area contributed by atoms with E-state index in [1.165, 1.54) is 4.68 Å². The van der Waals surface area contributed by atoms with Gasteiger partial charge < -0.3 is 9.32 Å². The van der Waals surface area contributed by atoms with Crippen LogP contribution in [0.2, 0.25) is 5.15 Å². The number of benzene rings is 1. The molecule has 7 heteroatoms. The lowest BCUT2D eigenvalue weighted by Crippen LogP contribution is -2.39. The number of carbonyl (C=O) groups excluding carboxylic acids is 1. The second kappa shape index (κ2) is 6.19. The molecule has 3 heterocycles. The molecule has 0 spiro atoms. The van der Waals surface area contributed by atoms with Gasteiger partial charge in [-0.2, -0.15) is 5.10 Å². The number of oxazole rings is 1. The van der Waals surface area contributed by atoms with Crippen molar-refractivity contribution in [1.82, 2.24) is 19.7 Å². The van der Waals surface area contributed by atoms with Gasteiger partial charge in [-0.05, 0) is 31.9 Å². The fourth-order valence-electron chi connectivity index (χ4n) is 3.46. The average Bonchev–Trinajstić information content (AvgIpc) is 3.15. The predicted molar refractivity (Wildman–Crippen MR) is 94.8 cm³/mol. The zero-order valence-electron chi connectivity index (χ0n) is 14.2. The first kappa shape index (κ1) is 16.1. The molecule has 1 aliphatic rings. The second-order valence-corrected chi connectivity index (χ2v) is 6.84. The number of carbonyl (C=O) groups is 1. The van der Waals surface area contributed by atoms with Crippen LogP contribution in [0.5, 0.6) is 0 Å². The molecule has 1 amide bonds. The Labute approximate surface area is 150 Å². The Hall–Kier alpha value is -2.34. The van der Waals surface area contributed by atoms with Crippen molar-refractivity contribution in [3.63, 3.8) is 0 Å². The molecule has 0 radical (unpaired) electrons. The van der Waals surface area contributed by atoms with Crippen LogP contribution in [0.3, 0.4) is 0 Å². The number of rotatable bonds is 2. The summed E-state index contributed by atoms with van der Waals surface area (Å²) in [6.45, 7) is 3.10. The van der Waals surface area contributed by atoms with Crippen molar-refractivity contribution in [2.75, 3.05) is 13.1 Å². The first-order chi connectivity index (χ1) is 12.0. The van der Waals surface area contributed by atoms with Crippen molar-refractivity contribution < 1.29 is 9.21 Å². The molecule has 1 unspecified atom stereocenters. The van der Waals surface area contributed by atoms with E-state index < -0.39 is 0 Å². The molecule has 0 aliphatic carbocycles. The lowest BCUT2D eigenvalue weighted by Gasteiger charge is -2.31. The molecule has 6 nitrogen and oxygen atoms in total. The van der Waals surface area contributed by atoms with Crippen LogP contribution < -0.4 is 0 Å². The normalized spacial score (nSPS) is 18.0. The number of likely N-dealkylation sites (tertiary alicyclic amines) is 1. The van der Waals surface area contributed by atoms with Crippen molar-refractivity contribution in [3.8, 4) is 0 Å². The number of para-hydroxylation sites is 2. The van der Waals surface area contributed by atoms with E-state index in [-0.39, 0.29) is 11.8 Å². The Balaban J connectivity index is 1.59. The van der Waals surface area contributed by atoms with Crippen LogP contribution in [-0.2, 0) is 7.05 Å². The monoisotopic (exact) mass is 358 g/mol. The highest BCUT2D eigenvalue weighted by molar-refractivity contribution is 6.33. The Morgan fingerprint density at radius 3 is 2.88 bits per heavy atom. The fourth-order valence-corrected chi connectivity index (χ4v) is 3.71. The van der Waals surface area contributed by atoms with E-state index >= 15 is 0 Å². The van der Waals surface area contributed by atoms with Crippen LogP contribution >= 0.6 is 11.6 Å². The number of aromatic nitrogens is 3. The van der Waals surface area contributed by atoms with E-state index in [2.05, 4.69) is 10.1 Å². The molecule has 1 saturated heterocycles. The maximum atomic E-state index is 12.9. The van der Waals surface area contributed by atoms with Gasteiger partial charge >= 0.3 is 0 Å². The second-order valence-electron chi connectivity index (χ2n) is 6.48. The van der Waals surface area contributed by atoms with Gasteiger partial charge in [0.2, 0.25) is 0 Å². The van der Waals surface area contributed by atoms with E-state index in [1.54, 1.807) is 14.0 Å². The molecule has 1 fully saturated rings. The predicted octanol–water partition coefficient (Wildman–Crippen LogP) is 3.54. The summed E-state index contributed by atoms with van der Waals surface area (Å²) in [4.78, 5) is 19.4. The van der Waals surface area contributed by atoms with Crippen molar-refractivity contribution in [3.05, 3.63) is 46.6 Å². The minimum Gasteiger partial charge on any atom is -0.440 e. The van der Waals surface area contributed by atoms with Crippen molar-refractivity contribution >= 4 is 28.6 Å². The Morgan fingerprint density at radius 2 is 2.16 bits per heavy atom. The van der Waals surface area contributed by atoms with E-state index in [4.69, 9.17) is 16.0 Å². The van der Waals surface area contributed by atoms with Gasteiger partial charge in [0.15, 0.2) is 11.5 Å². The van der Waals surface area contributed by atoms with Gasteiger partial charge in [0.25, 0.3) is 5.91 Å². The smallest absolute Gasteiger partial charge is 0.258 e. The van der Waals surface area contributed by atoms with Crippen LogP contribution in [0.4, 0.5) is 0 Å². The summed E-state index contributed by atoms with van der Waals surface area (Å²) in [5, 5.41) is 4.62. The van der Waals surface area contributed by atoms with E-state index in [0.717, 1.165) is 23.9 Å². The van der Waals surface area contributed by atoms with Gasteiger partial charge in [-0.15, -0.1) is 0 Å². The quantitative estimate of drug-likeness (QED) is 0.702. The third kappa shape index (κ3) is 2.80. The summed E-state index contributed by atoms with van der Waals surface area (Å²) in [7, 11) is 1.74. The van der Waals surface area contributed by atoms with Crippen molar-refractivity contribution in [2.45, 2.75) is 25.7 Å². The molecule has 25 heavy (non-hydrogen) atoms. The van der Waals surface area contributed by atoms with Crippen LogP contribution in [0.1, 0.15) is 40.7 Å². The van der Waals surface area contributed by atoms with Gasteiger partial charge in [-0.1, -0.05) is 23.7 Å². The first-order valence-electron chi connectivity index (χ1n) is 8.38. The summed E-state index contributed by atoms with van der Waals surface area (Å²) in [6, 6.07) is 7.73. The molecular formula is C18H19ClN4O2. The molecule has 4 rings (SSSR count). The number of piperidine rings is 1. The number of nitrogens with zero attached hydrogens (tertiary/aromatic N) is 4. The largest absolute Gasteiger partial charge is 0.440 e. The third-order valence-electron chi connectivity index (χ3n) is 4.73. The number of hydrogen-bond acceptors (Lipinski definition) is 4. The van der Waals surface area contributed by atoms with E-state index in [0.29, 0.717) is 35.4 Å². The maximum Gasteiger partial charge on any atom is 0.258 e. The third-order valence-corrected chi connectivity index (χ3v) is 5.17. The fraction of sp³-hybridized carbons (Fsp3) is 0.389. The topological polar surface area (TPSA) is 64.2 Å². The molecule has 0 N–H and O–H groups in total. The molecule has 130 valence electrons. The molecule has 1 aliphatic heterocycles. The minimum atomic E-state index is -0.0728. The number of hydrogen-bond donors (Lipinski definition) is 0. The van der Waals surface area contributed by atoms with Crippen LogP contribution in [0.15, 0.2) is 28.7 Å². The molecule has 0 bridgehead atoms. The number of fused-ring (bicyclic) bond motifs is 1. The minimum absolute atomic E-state index is 0.0728. The summed E-state index contributed by atoms with van der Waals surface area (Å²) < 4.78 is 7.44. The molecule has 1 atom stereocenters. The first-order valence-corrected chi connectivity index (χ1v) is 8.76. The maximum absolute atomic E-state index is 12.9. The lowest BCUT2D eigenvalue weighted by atomic mass is 9.97. The lowest BCUT2D eigenvalue weighted by molar-refractivity contribution is 0.0698. The van der Waals surface area contributed by atoms with Crippen LogP contribution in [0.25, 0.3) is 11.1 Å². The molecular weight excluding hydrogens is 340 g/mol. The van der Waals surface area contributed by atoms with E-state index in [1.807, 2.05) is 29.2 Å². The highest BCUT2D eigenvalue weighted by atomic mass is 35.5. The van der Waals surface area contributed by atoms with Gasteiger partial charge in [-0.3, -0.25) is 9.48 Å². The summed E-state index contributed by atoms with van der Waals surface area (Å²) in [5.41, 5.74) is 2.78. The Kier molecular flexibility index (Phi) is 4.00. The molecule has 0 saturated carbocycles. The Morgan fingerprint density at radius 1 is 1.36 bits per heavy atom. The number of amides is 1. The molecule has 1 aromatic carbocycles. The summed E-state index contributed by atoms with van der Waals surface area (Å²) >= 11 is 6.26. The van der Waals surface area contributed by atoms with Crippen LogP contribution in [-0.4, -0.2) is 38.7 Å². The molecule has 3 aromatic rings. The highest BCUT2D eigenvalue weighted by Gasteiger charge is 2.31. The average molecular weight is 359 g/mol. The van der Waals surface area contributed by atoms with Crippen molar-refractivity contribution in [2.24, 2.45) is 7.05 Å². The van der Waals surface area contributed by atoms with Crippen molar-refractivity contribution in [1.29, 1.82) is 0 Å². The number of aryl methyl sites for hydroxylation is 2. The van der Waals surface area contributed by atoms with Crippen LogP contribution in [0, 0.1) is 6.92 Å². The summed E-state index contributed by atoms with van der Waals surface area (Å²) in [6.07, 6.45) is 1.86. The Bertz CT molecular complexity index is 913. The zero-order valence-corrected chi connectivity index (χ0v) is 15.0. The SMILES string of the molecule is Cc1nn(C)c(Cl)c1C(=O)N1CCCC(c2nc3ccccc3o2)C1. The van der Waals surface area contributed by atoms with Gasteiger partial charge in [0, 0.05) is 20.1 Å². The number of halogens is 1. The zero-order chi connectivity index (χ0) is 17.6.